The fourth-order valence-corrected chi connectivity index (χ4v) is 3.03. The van der Waals surface area contributed by atoms with Crippen molar-refractivity contribution in [3.8, 4) is 5.75 Å². The Morgan fingerprint density at radius 3 is 1.95 bits per heavy atom. The first-order valence-electron chi connectivity index (χ1n) is 4.85. The Bertz CT molecular complexity index is 564. The van der Waals surface area contributed by atoms with Crippen molar-refractivity contribution in [2.24, 2.45) is 0 Å². The highest BCUT2D eigenvalue weighted by atomic mass is 32.2. The number of halogens is 6. The van der Waals surface area contributed by atoms with E-state index in [1.165, 1.54) is 0 Å². The van der Waals surface area contributed by atoms with E-state index in [9.17, 15) is 34.8 Å². The number of hydrogen-bond donors (Lipinski definition) is 0. The van der Waals surface area contributed by atoms with Crippen molar-refractivity contribution in [1.29, 1.82) is 0 Å². The maximum atomic E-state index is 12.1. The first-order valence-corrected chi connectivity index (χ1v) is 8.23. The summed E-state index contributed by atoms with van der Waals surface area (Å²) in [6.07, 6.45) is 0. The molecule has 0 unspecified atom stereocenters. The second-order valence-corrected chi connectivity index (χ2v) is 7.30. The fourth-order valence-electron chi connectivity index (χ4n) is 0.930. The van der Waals surface area contributed by atoms with E-state index < -0.39 is 26.9 Å². The van der Waals surface area contributed by atoms with Crippen molar-refractivity contribution >= 4 is 33.6 Å². The molecule has 0 saturated heterocycles. The highest BCUT2D eigenvalue weighted by molar-refractivity contribution is 8.16. The molecule has 0 heterocycles. The SMILES string of the molecule is O=S(=O)(Oc1ccc(SCSC(F)(F)F)cc1)C(F)(F)F. The Kier molecular flexibility index (Phi) is 5.72. The van der Waals surface area contributed by atoms with Crippen LogP contribution in [0, 0.1) is 0 Å². The summed E-state index contributed by atoms with van der Waals surface area (Å²) >= 11 is 0.528. The molecular weight excluding hydrogens is 366 g/mol. The van der Waals surface area contributed by atoms with Crippen LogP contribution in [0.25, 0.3) is 0 Å². The van der Waals surface area contributed by atoms with Gasteiger partial charge in [0.1, 0.15) is 5.75 Å². The fraction of sp³-hybridized carbons (Fsp3) is 0.333. The van der Waals surface area contributed by atoms with Gasteiger partial charge in [0.2, 0.25) is 0 Å². The van der Waals surface area contributed by atoms with Gasteiger partial charge in [-0.05, 0) is 36.0 Å². The van der Waals surface area contributed by atoms with Gasteiger partial charge in [-0.25, -0.2) is 0 Å². The van der Waals surface area contributed by atoms with Crippen LogP contribution in [0.5, 0.6) is 5.75 Å². The van der Waals surface area contributed by atoms with Gasteiger partial charge in [0.15, 0.2) is 0 Å². The van der Waals surface area contributed by atoms with E-state index in [-0.39, 0.29) is 16.8 Å². The van der Waals surface area contributed by atoms with Crippen LogP contribution >= 0.6 is 23.5 Å². The highest BCUT2D eigenvalue weighted by Gasteiger charge is 2.48. The molecule has 3 nitrogen and oxygen atoms in total. The first kappa shape index (κ1) is 18.3. The van der Waals surface area contributed by atoms with Gasteiger partial charge in [0.25, 0.3) is 0 Å². The largest absolute Gasteiger partial charge is 0.534 e. The zero-order chi connectivity index (χ0) is 16.3. The molecule has 12 heteroatoms. The topological polar surface area (TPSA) is 43.4 Å². The number of thioether (sulfide) groups is 2. The van der Waals surface area contributed by atoms with Crippen LogP contribution in [0.2, 0.25) is 0 Å². The van der Waals surface area contributed by atoms with E-state index in [1.807, 2.05) is 0 Å². The zero-order valence-corrected chi connectivity index (χ0v) is 12.2. The monoisotopic (exact) mass is 372 g/mol. The van der Waals surface area contributed by atoms with Crippen molar-refractivity contribution in [2.45, 2.75) is 15.9 Å². The maximum Gasteiger partial charge on any atom is 0.534 e. The summed E-state index contributed by atoms with van der Waals surface area (Å²) in [4.78, 5) is 0.323. The molecule has 0 saturated carbocycles. The standard InChI is InChI=1S/C9H6F6O3S3/c10-8(11,12)20-5-19-7-3-1-6(2-4-7)18-21(16,17)9(13,14)15/h1-4H,5H2. The lowest BCUT2D eigenvalue weighted by Crippen LogP contribution is -2.28. The molecule has 0 spiro atoms. The molecule has 1 aromatic rings. The van der Waals surface area contributed by atoms with E-state index in [1.54, 1.807) is 0 Å². The molecule has 0 aliphatic carbocycles. The van der Waals surface area contributed by atoms with Crippen LogP contribution < -0.4 is 4.18 Å². The molecule has 0 aliphatic rings. The van der Waals surface area contributed by atoms with E-state index in [4.69, 9.17) is 0 Å². The Balaban J connectivity index is 2.63. The molecule has 21 heavy (non-hydrogen) atoms. The Labute approximate surface area is 124 Å². The molecular formula is C9H6F6O3S3. The van der Waals surface area contributed by atoms with Crippen molar-refractivity contribution in [2.75, 3.05) is 5.08 Å². The van der Waals surface area contributed by atoms with Crippen LogP contribution in [0.1, 0.15) is 0 Å². The van der Waals surface area contributed by atoms with Gasteiger partial charge < -0.3 is 4.18 Å². The van der Waals surface area contributed by atoms with Gasteiger partial charge in [-0.15, -0.1) is 11.8 Å². The normalized spacial score (nSPS) is 13.2. The van der Waals surface area contributed by atoms with Crippen molar-refractivity contribution < 1.29 is 38.9 Å². The minimum atomic E-state index is -5.76. The third-order valence-corrected chi connectivity index (χ3v) is 4.62. The Morgan fingerprint density at radius 1 is 1.00 bits per heavy atom. The van der Waals surface area contributed by atoms with Gasteiger partial charge in [-0.3, -0.25) is 0 Å². The van der Waals surface area contributed by atoms with E-state index in [0.717, 1.165) is 36.0 Å². The summed E-state index contributed by atoms with van der Waals surface area (Å²) in [6, 6.07) is 4.15. The Hall–Kier alpha value is -0.750. The second kappa shape index (κ2) is 6.57. The minimum absolute atomic E-state index is 0.267. The first-order chi connectivity index (χ1) is 9.41. The highest BCUT2D eigenvalue weighted by Crippen LogP contribution is 2.35. The molecule has 0 fully saturated rings. The van der Waals surface area contributed by atoms with E-state index >= 15 is 0 Å². The lowest BCUT2D eigenvalue weighted by molar-refractivity contribution is -0.0500. The Morgan fingerprint density at radius 2 is 1.52 bits per heavy atom. The summed E-state index contributed by atoms with van der Waals surface area (Å²) in [6.45, 7) is 0. The van der Waals surface area contributed by atoms with Gasteiger partial charge in [0, 0.05) is 4.90 Å². The lowest BCUT2D eigenvalue weighted by Gasteiger charge is -2.10. The number of rotatable bonds is 5. The second-order valence-electron chi connectivity index (χ2n) is 3.31. The molecule has 120 valence electrons. The molecule has 1 aromatic carbocycles. The number of hydrogen-bond acceptors (Lipinski definition) is 5. The third-order valence-electron chi connectivity index (χ3n) is 1.76. The molecule has 0 aliphatic heterocycles. The summed E-state index contributed by atoms with van der Waals surface area (Å²) < 4.78 is 97.0. The summed E-state index contributed by atoms with van der Waals surface area (Å²) in [7, 11) is -5.76. The van der Waals surface area contributed by atoms with Gasteiger partial charge in [0.05, 0.1) is 5.08 Å². The predicted octanol–water partition coefficient (Wildman–Crippen LogP) is 4.22. The summed E-state index contributed by atoms with van der Waals surface area (Å²) in [5.41, 5.74) is -9.93. The summed E-state index contributed by atoms with van der Waals surface area (Å²) in [5, 5.41) is -0.343. The van der Waals surface area contributed by atoms with Crippen LogP contribution in [0.3, 0.4) is 0 Å². The molecule has 0 atom stereocenters. The predicted molar refractivity (Wildman–Crippen MR) is 66.4 cm³/mol. The average molecular weight is 372 g/mol. The van der Waals surface area contributed by atoms with E-state index in [2.05, 4.69) is 4.18 Å². The number of benzene rings is 1. The van der Waals surface area contributed by atoms with Crippen LogP contribution in [-0.2, 0) is 10.1 Å². The molecule has 0 aromatic heterocycles. The average Bonchev–Trinajstić information content (AvgIpc) is 2.28. The van der Waals surface area contributed by atoms with Crippen LogP contribution in [0.4, 0.5) is 26.3 Å². The maximum absolute atomic E-state index is 12.1. The van der Waals surface area contributed by atoms with Gasteiger partial charge >= 0.3 is 21.1 Å². The van der Waals surface area contributed by atoms with Crippen LogP contribution in [0.15, 0.2) is 29.2 Å². The molecule has 0 N–H and O–H groups in total. The van der Waals surface area contributed by atoms with Crippen LogP contribution in [-0.4, -0.2) is 24.5 Å². The minimum Gasteiger partial charge on any atom is -0.376 e. The molecule has 1 rings (SSSR count). The lowest BCUT2D eigenvalue weighted by atomic mass is 10.3. The van der Waals surface area contributed by atoms with Gasteiger partial charge in [-0.1, -0.05) is 0 Å². The molecule has 0 radical (unpaired) electrons. The summed E-state index contributed by atoms with van der Waals surface area (Å²) in [5.74, 6) is -0.583. The van der Waals surface area contributed by atoms with Crippen molar-refractivity contribution in [1.82, 2.24) is 0 Å². The zero-order valence-electron chi connectivity index (χ0n) is 9.73. The van der Waals surface area contributed by atoms with Gasteiger partial charge in [-0.2, -0.15) is 34.8 Å². The van der Waals surface area contributed by atoms with Crippen molar-refractivity contribution in [3.05, 3.63) is 24.3 Å². The molecule has 0 amide bonds. The van der Waals surface area contributed by atoms with Crippen molar-refractivity contribution in [3.63, 3.8) is 0 Å². The number of alkyl halides is 6. The third kappa shape index (κ3) is 6.26. The van der Waals surface area contributed by atoms with E-state index in [0.29, 0.717) is 4.90 Å². The quantitative estimate of drug-likeness (QED) is 0.255. The smallest absolute Gasteiger partial charge is 0.376 e. The molecule has 0 bridgehead atoms.